The van der Waals surface area contributed by atoms with Crippen LogP contribution >= 0.6 is 15.9 Å². The Labute approximate surface area is 208 Å². The van der Waals surface area contributed by atoms with Gasteiger partial charge >= 0.3 is 5.97 Å². The molecule has 180 valence electrons. The van der Waals surface area contributed by atoms with Crippen molar-refractivity contribution >= 4 is 43.5 Å². The summed E-state index contributed by atoms with van der Waals surface area (Å²) in [7, 11) is -2.22. The lowest BCUT2D eigenvalue weighted by molar-refractivity contribution is -0.142. The van der Waals surface area contributed by atoms with Gasteiger partial charge in [0.2, 0.25) is 5.91 Å². The summed E-state index contributed by atoms with van der Waals surface area (Å²) in [4.78, 5) is 27.7. The number of rotatable bonds is 5. The third-order valence-electron chi connectivity index (χ3n) is 6.54. The van der Waals surface area contributed by atoms with Crippen molar-refractivity contribution < 1.29 is 22.7 Å². The van der Waals surface area contributed by atoms with Gasteiger partial charge in [0.1, 0.15) is 0 Å². The van der Waals surface area contributed by atoms with Gasteiger partial charge in [-0.1, -0.05) is 39.7 Å². The van der Waals surface area contributed by atoms with Gasteiger partial charge in [-0.15, -0.1) is 0 Å². The molecule has 1 unspecified atom stereocenters. The molecule has 2 aliphatic heterocycles. The van der Waals surface area contributed by atoms with Gasteiger partial charge in [0.25, 0.3) is 10.0 Å². The highest BCUT2D eigenvalue weighted by atomic mass is 79.9. The minimum atomic E-state index is -3.95. The molecular weight excluding hydrogens is 520 g/mol. The highest BCUT2D eigenvalue weighted by Gasteiger charge is 2.50. The second-order valence-corrected chi connectivity index (χ2v) is 11.4. The Bertz CT molecular complexity index is 1270. The Balaban J connectivity index is 1.80. The van der Waals surface area contributed by atoms with Crippen LogP contribution in [0.4, 0.5) is 5.69 Å². The molecule has 2 aromatic rings. The van der Waals surface area contributed by atoms with Crippen LogP contribution in [0.1, 0.15) is 37.3 Å². The minimum Gasteiger partial charge on any atom is -0.466 e. The number of anilines is 1. The first-order chi connectivity index (χ1) is 16.1. The lowest BCUT2D eigenvalue weighted by Crippen LogP contribution is -2.40. The molecule has 4 rings (SSSR count). The first-order valence-electron chi connectivity index (χ1n) is 11.1. The Kier molecular flexibility index (Phi) is 6.61. The van der Waals surface area contributed by atoms with Gasteiger partial charge in [-0.3, -0.25) is 13.9 Å². The van der Waals surface area contributed by atoms with Crippen LogP contribution < -0.4 is 4.90 Å². The van der Waals surface area contributed by atoms with Gasteiger partial charge in [-0.2, -0.15) is 0 Å². The monoisotopic (exact) mass is 546 g/mol. The molecule has 0 saturated carbocycles. The summed E-state index contributed by atoms with van der Waals surface area (Å²) >= 11 is 3.50. The Hall–Kier alpha value is -2.65. The average Bonchev–Trinajstić information content (AvgIpc) is 2.92. The number of aryl methyl sites for hydroxylation is 1. The van der Waals surface area contributed by atoms with Gasteiger partial charge in [0.15, 0.2) is 0 Å². The van der Waals surface area contributed by atoms with E-state index in [-0.39, 0.29) is 43.2 Å². The summed E-state index contributed by atoms with van der Waals surface area (Å²) < 4.78 is 34.6. The number of carbonyl (C=O) groups is 2. The number of sulfonamides is 1. The van der Waals surface area contributed by atoms with Crippen LogP contribution in [0.5, 0.6) is 0 Å². The molecule has 7 nitrogen and oxygen atoms in total. The zero-order chi connectivity index (χ0) is 24.7. The molecule has 0 fully saturated rings. The molecule has 0 saturated heterocycles. The van der Waals surface area contributed by atoms with E-state index in [1.54, 1.807) is 49.2 Å². The highest BCUT2D eigenvalue weighted by Crippen LogP contribution is 2.48. The fourth-order valence-electron chi connectivity index (χ4n) is 4.73. The minimum absolute atomic E-state index is 0.0625. The zero-order valence-electron chi connectivity index (χ0n) is 19.4. The predicted molar refractivity (Wildman–Crippen MR) is 133 cm³/mol. The number of likely N-dealkylation sites (N-methyl/N-ethyl adjacent to an activating group) is 1. The Morgan fingerprint density at radius 1 is 1.18 bits per heavy atom. The molecule has 0 aliphatic carbocycles. The first kappa shape index (κ1) is 24.5. The summed E-state index contributed by atoms with van der Waals surface area (Å²) in [6, 6.07) is 12.3. The predicted octanol–water partition coefficient (Wildman–Crippen LogP) is 4.29. The molecule has 9 heteroatoms. The van der Waals surface area contributed by atoms with E-state index in [9.17, 15) is 18.0 Å². The quantitative estimate of drug-likeness (QED) is 0.522. The van der Waals surface area contributed by atoms with Crippen molar-refractivity contribution in [1.82, 2.24) is 4.31 Å². The van der Waals surface area contributed by atoms with Crippen LogP contribution in [0.2, 0.25) is 0 Å². The summed E-state index contributed by atoms with van der Waals surface area (Å²) in [6.45, 7) is 3.85. The van der Waals surface area contributed by atoms with E-state index in [4.69, 9.17) is 4.74 Å². The molecule has 2 aliphatic rings. The summed E-state index contributed by atoms with van der Waals surface area (Å²) in [5.41, 5.74) is 2.03. The lowest BCUT2D eigenvalue weighted by atomic mass is 9.76. The number of esters is 1. The van der Waals surface area contributed by atoms with E-state index in [0.29, 0.717) is 5.70 Å². The van der Waals surface area contributed by atoms with Gasteiger partial charge < -0.3 is 9.64 Å². The normalized spacial score (nSPS) is 20.2. The topological polar surface area (TPSA) is 84.0 Å². The van der Waals surface area contributed by atoms with E-state index in [1.807, 2.05) is 25.1 Å². The molecule has 1 spiro atoms. The van der Waals surface area contributed by atoms with Crippen molar-refractivity contribution in [1.29, 1.82) is 0 Å². The van der Waals surface area contributed by atoms with Gasteiger partial charge in [0, 0.05) is 29.4 Å². The maximum absolute atomic E-state index is 13.7. The molecule has 0 aromatic heterocycles. The molecule has 0 radical (unpaired) electrons. The van der Waals surface area contributed by atoms with E-state index < -0.39 is 21.4 Å². The molecule has 2 heterocycles. The summed E-state index contributed by atoms with van der Waals surface area (Å²) in [6.07, 6.45) is 2.10. The highest BCUT2D eigenvalue weighted by molar-refractivity contribution is 9.10. The van der Waals surface area contributed by atoms with Crippen molar-refractivity contribution in [2.24, 2.45) is 0 Å². The van der Waals surface area contributed by atoms with Crippen LogP contribution in [0.3, 0.4) is 0 Å². The largest absolute Gasteiger partial charge is 0.466 e. The van der Waals surface area contributed by atoms with Crippen molar-refractivity contribution in [3.05, 3.63) is 69.8 Å². The number of halogens is 1. The molecule has 0 bridgehead atoms. The number of nitrogens with zero attached hydrogens (tertiary/aromatic N) is 2. The van der Waals surface area contributed by atoms with E-state index >= 15 is 0 Å². The van der Waals surface area contributed by atoms with Gasteiger partial charge in [-0.25, -0.2) is 8.42 Å². The number of allylic oxidation sites excluding steroid dienone is 1. The van der Waals surface area contributed by atoms with Crippen LogP contribution in [0.15, 0.2) is 63.6 Å². The Morgan fingerprint density at radius 2 is 1.88 bits per heavy atom. The fraction of sp³-hybridized carbons (Fsp3) is 0.360. The van der Waals surface area contributed by atoms with Crippen LogP contribution in [-0.4, -0.2) is 44.8 Å². The SMILES string of the molecule is CCOC(=O)CC1=CCC2(CCN1S(=O)(=O)c1ccc(C)cc1)C(=O)N(C)c1ccc(Br)cc12. The van der Waals surface area contributed by atoms with E-state index in [2.05, 4.69) is 15.9 Å². The van der Waals surface area contributed by atoms with Crippen molar-refractivity contribution in [2.45, 2.75) is 43.4 Å². The van der Waals surface area contributed by atoms with Crippen molar-refractivity contribution in [3.63, 3.8) is 0 Å². The van der Waals surface area contributed by atoms with Crippen LogP contribution in [-0.2, 0) is 29.8 Å². The maximum Gasteiger partial charge on any atom is 0.311 e. The molecule has 0 N–H and O–H groups in total. The van der Waals surface area contributed by atoms with Gasteiger partial charge in [-0.05, 0) is 62.6 Å². The smallest absolute Gasteiger partial charge is 0.311 e. The number of amides is 1. The zero-order valence-corrected chi connectivity index (χ0v) is 21.8. The summed E-state index contributed by atoms with van der Waals surface area (Å²) in [5.74, 6) is -0.589. The third kappa shape index (κ3) is 4.15. The number of ether oxygens (including phenoxy) is 1. The number of benzene rings is 2. The molecule has 1 amide bonds. The van der Waals surface area contributed by atoms with Crippen molar-refractivity contribution in [3.8, 4) is 0 Å². The van der Waals surface area contributed by atoms with Crippen LogP contribution in [0.25, 0.3) is 0 Å². The fourth-order valence-corrected chi connectivity index (χ4v) is 6.61. The summed E-state index contributed by atoms with van der Waals surface area (Å²) in [5, 5.41) is 0. The average molecular weight is 547 g/mol. The molecule has 34 heavy (non-hydrogen) atoms. The van der Waals surface area contributed by atoms with Crippen molar-refractivity contribution in [2.75, 3.05) is 25.1 Å². The molecule has 2 aromatic carbocycles. The Morgan fingerprint density at radius 3 is 2.56 bits per heavy atom. The lowest BCUT2D eigenvalue weighted by Gasteiger charge is -2.28. The number of carbonyl (C=O) groups excluding carboxylic acids is 2. The maximum atomic E-state index is 13.7. The van der Waals surface area contributed by atoms with Gasteiger partial charge in [0.05, 0.1) is 23.3 Å². The second kappa shape index (κ2) is 9.19. The number of hydrogen-bond acceptors (Lipinski definition) is 5. The number of fused-ring (bicyclic) bond motifs is 2. The second-order valence-electron chi connectivity index (χ2n) is 8.63. The van der Waals surface area contributed by atoms with E-state index in [0.717, 1.165) is 21.3 Å². The standard InChI is InChI=1S/C25H27BrN2O5S/c1-4-33-23(29)16-19-11-12-25(21-15-18(26)7-10-22(21)27(3)24(25)30)13-14-28(19)34(31,32)20-8-5-17(2)6-9-20/h5-11,15H,4,12-14,16H2,1-3H3. The van der Waals surface area contributed by atoms with E-state index in [1.165, 1.54) is 4.31 Å². The molecule has 1 atom stereocenters. The third-order valence-corrected chi connectivity index (χ3v) is 8.90. The first-order valence-corrected chi connectivity index (χ1v) is 13.4. The van der Waals surface area contributed by atoms with Crippen LogP contribution in [0, 0.1) is 6.92 Å². The number of hydrogen-bond donors (Lipinski definition) is 0. The molecular formula is C25H27BrN2O5S.